The third-order valence-corrected chi connectivity index (χ3v) is 2.39. The highest BCUT2D eigenvalue weighted by atomic mass is 35.5. The smallest absolute Gasteiger partial charge is 0.129 e. The van der Waals surface area contributed by atoms with Crippen molar-refractivity contribution >= 4 is 11.6 Å². The van der Waals surface area contributed by atoms with Crippen LogP contribution in [-0.4, -0.2) is 15.0 Å². The molecule has 5 nitrogen and oxygen atoms in total. The van der Waals surface area contributed by atoms with E-state index in [0.717, 1.165) is 11.1 Å². The second-order valence-corrected chi connectivity index (χ2v) is 3.57. The zero-order valence-electron chi connectivity index (χ0n) is 8.34. The molecule has 2 aromatic rings. The number of nitrogens with one attached hydrogen (secondary N) is 1. The second kappa shape index (κ2) is 4.98. The average molecular weight is 236 g/mol. The number of pyridine rings is 1. The van der Waals surface area contributed by atoms with Gasteiger partial charge in [-0.3, -0.25) is 5.84 Å². The number of nitrogens with two attached hydrogens (primary N) is 1. The summed E-state index contributed by atoms with van der Waals surface area (Å²) < 4.78 is 0. The van der Waals surface area contributed by atoms with E-state index in [1.54, 1.807) is 24.7 Å². The lowest BCUT2D eigenvalue weighted by Crippen LogP contribution is -2.29. The van der Waals surface area contributed by atoms with Gasteiger partial charge >= 0.3 is 0 Å². The Balaban J connectivity index is 2.33. The van der Waals surface area contributed by atoms with E-state index in [-0.39, 0.29) is 6.04 Å². The minimum atomic E-state index is -0.189. The Hall–Kier alpha value is -1.56. The van der Waals surface area contributed by atoms with E-state index in [0.29, 0.717) is 5.15 Å². The van der Waals surface area contributed by atoms with E-state index in [2.05, 4.69) is 20.4 Å². The molecule has 2 rings (SSSR count). The maximum atomic E-state index is 5.72. The molecule has 1 unspecified atom stereocenters. The zero-order valence-corrected chi connectivity index (χ0v) is 9.09. The van der Waals surface area contributed by atoms with Crippen LogP contribution in [0.4, 0.5) is 0 Å². The van der Waals surface area contributed by atoms with Crippen LogP contribution >= 0.6 is 11.6 Å². The molecule has 1 atom stereocenters. The van der Waals surface area contributed by atoms with Crippen molar-refractivity contribution in [3.05, 3.63) is 53.3 Å². The summed E-state index contributed by atoms with van der Waals surface area (Å²) in [6.07, 6.45) is 6.54. The molecule has 0 aromatic carbocycles. The Labute approximate surface area is 97.7 Å². The summed E-state index contributed by atoms with van der Waals surface area (Å²) in [5.74, 6) is 5.51. The van der Waals surface area contributed by atoms with Crippen LogP contribution < -0.4 is 11.3 Å². The first-order chi connectivity index (χ1) is 7.81. The van der Waals surface area contributed by atoms with Crippen LogP contribution in [0.3, 0.4) is 0 Å². The first-order valence-electron chi connectivity index (χ1n) is 4.63. The molecule has 0 radical (unpaired) electrons. The monoisotopic (exact) mass is 235 g/mol. The maximum absolute atomic E-state index is 5.72. The first kappa shape index (κ1) is 10.9. The largest absolute Gasteiger partial charge is 0.271 e. The number of hydrogen-bond donors (Lipinski definition) is 2. The van der Waals surface area contributed by atoms with E-state index in [1.165, 1.54) is 6.33 Å². The van der Waals surface area contributed by atoms with Crippen molar-refractivity contribution < 1.29 is 0 Å². The van der Waals surface area contributed by atoms with Crippen LogP contribution in [0.5, 0.6) is 0 Å². The Morgan fingerprint density at radius 2 is 1.88 bits per heavy atom. The molecule has 16 heavy (non-hydrogen) atoms. The number of aromatic nitrogens is 3. The molecule has 0 aliphatic carbocycles. The predicted molar refractivity (Wildman–Crippen MR) is 60.4 cm³/mol. The van der Waals surface area contributed by atoms with Gasteiger partial charge in [0, 0.05) is 24.2 Å². The van der Waals surface area contributed by atoms with Crippen molar-refractivity contribution in [1.29, 1.82) is 0 Å². The van der Waals surface area contributed by atoms with Gasteiger partial charge in [0.05, 0.1) is 6.04 Å². The van der Waals surface area contributed by atoms with Crippen molar-refractivity contribution in [2.24, 2.45) is 5.84 Å². The molecule has 0 saturated heterocycles. The third kappa shape index (κ3) is 2.33. The molecule has 0 spiro atoms. The predicted octanol–water partition coefficient (Wildman–Crippen LogP) is 1.08. The molecule has 0 bridgehead atoms. The summed E-state index contributed by atoms with van der Waals surface area (Å²) in [5, 5.41) is 0.448. The van der Waals surface area contributed by atoms with Gasteiger partial charge in [0.25, 0.3) is 0 Å². The summed E-state index contributed by atoms with van der Waals surface area (Å²) in [5.41, 5.74) is 4.46. The van der Waals surface area contributed by atoms with Gasteiger partial charge in [-0.05, 0) is 11.6 Å². The number of halogens is 1. The Bertz CT molecular complexity index is 445. The van der Waals surface area contributed by atoms with Crippen LogP contribution in [-0.2, 0) is 0 Å². The minimum absolute atomic E-state index is 0.189. The summed E-state index contributed by atoms with van der Waals surface area (Å²) >= 11 is 5.72. The minimum Gasteiger partial charge on any atom is -0.271 e. The van der Waals surface area contributed by atoms with E-state index in [9.17, 15) is 0 Å². The van der Waals surface area contributed by atoms with Gasteiger partial charge in [0.15, 0.2) is 0 Å². The van der Waals surface area contributed by atoms with Gasteiger partial charge in [0.2, 0.25) is 0 Å². The van der Waals surface area contributed by atoms with Crippen LogP contribution in [0.1, 0.15) is 17.2 Å². The van der Waals surface area contributed by atoms with Gasteiger partial charge in [-0.15, -0.1) is 0 Å². The molecule has 6 heteroatoms. The topological polar surface area (TPSA) is 76.7 Å². The number of hydrogen-bond acceptors (Lipinski definition) is 5. The lowest BCUT2D eigenvalue weighted by atomic mass is 10.0. The van der Waals surface area contributed by atoms with Gasteiger partial charge in [-0.25, -0.2) is 20.4 Å². The maximum Gasteiger partial charge on any atom is 0.129 e. The normalized spacial score (nSPS) is 12.4. The molecule has 0 aliphatic heterocycles. The Morgan fingerprint density at radius 1 is 1.12 bits per heavy atom. The van der Waals surface area contributed by atoms with Crippen LogP contribution in [0.2, 0.25) is 5.15 Å². The quantitative estimate of drug-likeness (QED) is 0.473. The third-order valence-electron chi connectivity index (χ3n) is 2.16. The van der Waals surface area contributed by atoms with E-state index in [1.807, 2.05) is 6.07 Å². The lowest BCUT2D eigenvalue weighted by Gasteiger charge is -2.15. The molecule has 2 aromatic heterocycles. The van der Waals surface area contributed by atoms with Crippen molar-refractivity contribution in [3.8, 4) is 0 Å². The van der Waals surface area contributed by atoms with Crippen molar-refractivity contribution in [1.82, 2.24) is 20.4 Å². The highest BCUT2D eigenvalue weighted by Gasteiger charge is 2.12. The van der Waals surface area contributed by atoms with E-state index < -0.39 is 0 Å². The Kier molecular flexibility index (Phi) is 3.40. The fraction of sp³-hybridized carbons (Fsp3) is 0.100. The van der Waals surface area contributed by atoms with Crippen LogP contribution in [0, 0.1) is 0 Å². The summed E-state index contributed by atoms with van der Waals surface area (Å²) in [6.45, 7) is 0. The molecule has 0 saturated carbocycles. The molecule has 0 amide bonds. The number of hydrazine groups is 1. The molecule has 0 aliphatic rings. The summed E-state index contributed by atoms with van der Waals surface area (Å²) in [4.78, 5) is 11.9. The molecule has 3 N–H and O–H groups in total. The van der Waals surface area contributed by atoms with Gasteiger partial charge in [-0.2, -0.15) is 0 Å². The lowest BCUT2D eigenvalue weighted by molar-refractivity contribution is 0.629. The summed E-state index contributed by atoms with van der Waals surface area (Å²) in [6, 6.07) is 3.38. The zero-order chi connectivity index (χ0) is 11.4. The molecule has 0 fully saturated rings. The van der Waals surface area contributed by atoms with E-state index in [4.69, 9.17) is 17.4 Å². The molecule has 82 valence electrons. The van der Waals surface area contributed by atoms with Crippen molar-refractivity contribution in [2.45, 2.75) is 6.04 Å². The standard InChI is InChI=1S/C10H10ClN5/c11-9-2-1-7(5-15-9)10(16-12)8-3-13-6-14-4-8/h1-6,10,16H,12H2. The van der Waals surface area contributed by atoms with Crippen molar-refractivity contribution in [3.63, 3.8) is 0 Å². The van der Waals surface area contributed by atoms with Gasteiger partial charge < -0.3 is 0 Å². The SMILES string of the molecule is NNC(c1cncnc1)c1ccc(Cl)nc1. The highest BCUT2D eigenvalue weighted by molar-refractivity contribution is 6.29. The van der Waals surface area contributed by atoms with Crippen LogP contribution in [0.25, 0.3) is 0 Å². The van der Waals surface area contributed by atoms with E-state index >= 15 is 0 Å². The van der Waals surface area contributed by atoms with Crippen LogP contribution in [0.15, 0.2) is 37.1 Å². The first-order valence-corrected chi connectivity index (χ1v) is 5.01. The number of rotatable bonds is 3. The highest BCUT2D eigenvalue weighted by Crippen LogP contribution is 2.19. The second-order valence-electron chi connectivity index (χ2n) is 3.19. The van der Waals surface area contributed by atoms with Gasteiger partial charge in [-0.1, -0.05) is 17.7 Å². The molecular weight excluding hydrogens is 226 g/mol. The molecular formula is C10H10ClN5. The average Bonchev–Trinajstić information content (AvgIpc) is 2.34. The molecule has 2 heterocycles. The fourth-order valence-electron chi connectivity index (χ4n) is 1.40. The van der Waals surface area contributed by atoms with Gasteiger partial charge in [0.1, 0.15) is 11.5 Å². The Morgan fingerprint density at radius 3 is 2.44 bits per heavy atom. The van der Waals surface area contributed by atoms with Crippen molar-refractivity contribution in [2.75, 3.05) is 0 Å². The fourth-order valence-corrected chi connectivity index (χ4v) is 1.51. The summed E-state index contributed by atoms with van der Waals surface area (Å²) in [7, 11) is 0. The number of nitrogens with zero attached hydrogens (tertiary/aromatic N) is 3.